The lowest BCUT2D eigenvalue weighted by molar-refractivity contribution is -0.121. The highest BCUT2D eigenvalue weighted by atomic mass is 35.5. The van der Waals surface area contributed by atoms with Crippen LogP contribution in [0.1, 0.15) is 0 Å². The van der Waals surface area contributed by atoms with Gasteiger partial charge in [-0.05, 0) is 54.2 Å². The number of amidine groups is 1. The minimum Gasteiger partial charge on any atom is -0.497 e. The van der Waals surface area contributed by atoms with Crippen molar-refractivity contribution in [1.29, 1.82) is 0 Å². The number of hydrogen-bond donors (Lipinski definition) is 0. The summed E-state index contributed by atoms with van der Waals surface area (Å²) in [6.07, 6.45) is 0. The first-order valence-corrected chi connectivity index (χ1v) is 10.1. The van der Waals surface area contributed by atoms with Crippen molar-refractivity contribution in [3.63, 3.8) is 0 Å². The van der Waals surface area contributed by atoms with Gasteiger partial charge in [0.05, 0.1) is 23.5 Å². The Kier molecular flexibility index (Phi) is 4.84. The van der Waals surface area contributed by atoms with Crippen molar-refractivity contribution in [2.45, 2.75) is 4.90 Å². The first kappa shape index (κ1) is 18.3. The number of methoxy groups -OCH3 is 1. The molecule has 8 heteroatoms. The number of nitrogens with zero attached hydrogens (tertiary/aromatic N) is 3. The van der Waals surface area contributed by atoms with Crippen LogP contribution in [0.4, 0.5) is 11.4 Å². The molecule has 2 aliphatic heterocycles. The lowest BCUT2D eigenvalue weighted by Crippen LogP contribution is -2.24. The molecule has 5 nitrogen and oxygen atoms in total. The largest absolute Gasteiger partial charge is 0.497 e. The van der Waals surface area contributed by atoms with Crippen molar-refractivity contribution in [3.8, 4) is 5.75 Å². The number of thioether (sulfide) groups is 2. The summed E-state index contributed by atoms with van der Waals surface area (Å²) in [7, 11) is 5.32. The summed E-state index contributed by atoms with van der Waals surface area (Å²) in [4.78, 5) is 22.8. The molecule has 0 bridgehead atoms. The maximum absolute atomic E-state index is 12.8. The van der Waals surface area contributed by atoms with E-state index in [0.717, 1.165) is 27.0 Å². The van der Waals surface area contributed by atoms with Gasteiger partial charge >= 0.3 is 0 Å². The van der Waals surface area contributed by atoms with Gasteiger partial charge in [-0.25, -0.2) is 4.99 Å². The molecule has 2 aromatic carbocycles. The minimum absolute atomic E-state index is 0.0551. The summed E-state index contributed by atoms with van der Waals surface area (Å²) in [5.41, 5.74) is 1.78. The van der Waals surface area contributed by atoms with Crippen LogP contribution in [0.3, 0.4) is 0 Å². The molecule has 138 valence electrons. The SMILES string of the molecule is COc1ccc(N=C2SC(=C3Sc4ccc(Cl)cc4N3C)C(=O)N2C)cc1. The van der Waals surface area contributed by atoms with E-state index >= 15 is 0 Å². The highest BCUT2D eigenvalue weighted by Crippen LogP contribution is 2.50. The summed E-state index contributed by atoms with van der Waals surface area (Å²) >= 11 is 9.09. The van der Waals surface area contributed by atoms with Crippen LogP contribution in [-0.4, -0.2) is 37.2 Å². The number of aliphatic imine (C=N–C) groups is 1. The Morgan fingerprint density at radius 2 is 1.78 bits per heavy atom. The van der Waals surface area contributed by atoms with Gasteiger partial charge in [-0.1, -0.05) is 23.4 Å². The molecule has 2 heterocycles. The Morgan fingerprint density at radius 1 is 1.04 bits per heavy atom. The first-order chi connectivity index (χ1) is 13.0. The molecule has 2 aliphatic rings. The normalized spacial score (nSPS) is 20.6. The van der Waals surface area contributed by atoms with Crippen LogP contribution in [0.2, 0.25) is 5.02 Å². The van der Waals surface area contributed by atoms with E-state index < -0.39 is 0 Å². The lowest BCUT2D eigenvalue weighted by atomic mass is 10.3. The van der Waals surface area contributed by atoms with Crippen molar-refractivity contribution in [2.75, 3.05) is 26.1 Å². The van der Waals surface area contributed by atoms with E-state index in [1.54, 1.807) is 30.8 Å². The molecule has 1 amide bonds. The molecule has 2 aromatic rings. The predicted octanol–water partition coefficient (Wildman–Crippen LogP) is 4.95. The Morgan fingerprint density at radius 3 is 2.48 bits per heavy atom. The van der Waals surface area contributed by atoms with Crippen LogP contribution in [0, 0.1) is 0 Å². The van der Waals surface area contributed by atoms with Gasteiger partial charge in [-0.3, -0.25) is 9.69 Å². The molecular formula is C19H16ClN3O2S2. The second-order valence-electron chi connectivity index (χ2n) is 5.97. The fourth-order valence-electron chi connectivity index (χ4n) is 2.76. The van der Waals surface area contributed by atoms with Gasteiger partial charge in [0, 0.05) is 24.0 Å². The number of carbonyl (C=O) groups is 1. The highest BCUT2D eigenvalue weighted by Gasteiger charge is 2.37. The van der Waals surface area contributed by atoms with Crippen LogP contribution in [-0.2, 0) is 4.79 Å². The van der Waals surface area contributed by atoms with Crippen molar-refractivity contribution < 1.29 is 9.53 Å². The lowest BCUT2D eigenvalue weighted by Gasteiger charge is -2.14. The second-order valence-corrected chi connectivity index (χ2v) is 8.41. The number of likely N-dealkylation sites (N-methyl/N-ethyl adjacent to an activating group) is 1. The van der Waals surface area contributed by atoms with E-state index in [9.17, 15) is 4.79 Å². The van der Waals surface area contributed by atoms with Gasteiger partial charge in [0.1, 0.15) is 10.7 Å². The summed E-state index contributed by atoms with van der Waals surface area (Å²) in [6.45, 7) is 0. The number of amides is 1. The van der Waals surface area contributed by atoms with Crippen molar-refractivity contribution >= 4 is 57.6 Å². The van der Waals surface area contributed by atoms with E-state index in [-0.39, 0.29) is 5.91 Å². The number of benzene rings is 2. The van der Waals surface area contributed by atoms with Crippen LogP contribution in [0.5, 0.6) is 5.75 Å². The Hall–Kier alpha value is -2.09. The zero-order valence-electron chi connectivity index (χ0n) is 14.9. The number of fused-ring (bicyclic) bond motifs is 1. The zero-order valence-corrected chi connectivity index (χ0v) is 17.3. The number of ether oxygens (including phenoxy) is 1. The second kappa shape index (κ2) is 7.14. The molecule has 0 atom stereocenters. The fourth-order valence-corrected chi connectivity index (χ4v) is 5.24. The van der Waals surface area contributed by atoms with E-state index in [1.807, 2.05) is 54.4 Å². The average molecular weight is 418 g/mol. The van der Waals surface area contributed by atoms with Gasteiger partial charge < -0.3 is 9.64 Å². The van der Waals surface area contributed by atoms with Crippen molar-refractivity contribution in [2.24, 2.45) is 4.99 Å². The zero-order chi connectivity index (χ0) is 19.1. The minimum atomic E-state index is -0.0551. The molecule has 0 radical (unpaired) electrons. The number of hydrogen-bond acceptors (Lipinski definition) is 6. The number of rotatable bonds is 2. The average Bonchev–Trinajstić information content (AvgIpc) is 3.14. The summed E-state index contributed by atoms with van der Waals surface area (Å²) in [5.74, 6) is 0.714. The van der Waals surface area contributed by atoms with Crippen molar-refractivity contribution in [3.05, 3.63) is 57.4 Å². The van der Waals surface area contributed by atoms with E-state index in [0.29, 0.717) is 15.1 Å². The topological polar surface area (TPSA) is 45.1 Å². The Balaban J connectivity index is 1.67. The van der Waals surface area contributed by atoms with Crippen LogP contribution >= 0.6 is 35.1 Å². The standard InChI is InChI=1S/C19H16ClN3O2S2/c1-22-14-10-11(20)4-9-15(14)26-18(22)16-17(24)23(2)19(27-16)21-12-5-7-13(25-3)8-6-12/h4-10H,1-3H3. The summed E-state index contributed by atoms with van der Waals surface area (Å²) < 4.78 is 5.17. The Bertz CT molecular complexity index is 989. The third kappa shape index (κ3) is 3.31. The Labute approximate surface area is 171 Å². The number of halogens is 1. The first-order valence-electron chi connectivity index (χ1n) is 8.12. The molecule has 0 N–H and O–H groups in total. The monoisotopic (exact) mass is 417 g/mol. The maximum Gasteiger partial charge on any atom is 0.269 e. The molecule has 0 saturated carbocycles. The number of anilines is 1. The third-order valence-corrected chi connectivity index (χ3v) is 6.98. The maximum atomic E-state index is 12.8. The molecule has 1 saturated heterocycles. The van der Waals surface area contributed by atoms with Crippen LogP contribution in [0.15, 0.2) is 62.3 Å². The quantitative estimate of drug-likeness (QED) is 0.646. The van der Waals surface area contributed by atoms with Crippen molar-refractivity contribution in [1.82, 2.24) is 4.90 Å². The third-order valence-electron chi connectivity index (χ3n) is 4.26. The summed E-state index contributed by atoms with van der Waals surface area (Å²) in [5, 5.41) is 2.22. The van der Waals surface area contributed by atoms with E-state index in [2.05, 4.69) is 4.99 Å². The highest BCUT2D eigenvalue weighted by molar-refractivity contribution is 8.19. The molecule has 27 heavy (non-hydrogen) atoms. The molecule has 0 aliphatic carbocycles. The van der Waals surface area contributed by atoms with E-state index in [4.69, 9.17) is 16.3 Å². The van der Waals surface area contributed by atoms with Crippen LogP contribution in [0.25, 0.3) is 0 Å². The molecule has 0 unspecified atom stereocenters. The number of carbonyl (C=O) groups excluding carboxylic acids is 1. The molecule has 0 spiro atoms. The molecule has 1 fully saturated rings. The van der Waals surface area contributed by atoms with Crippen LogP contribution < -0.4 is 9.64 Å². The molecule has 4 rings (SSSR count). The van der Waals surface area contributed by atoms with Gasteiger partial charge in [0.25, 0.3) is 5.91 Å². The molecule has 0 aromatic heterocycles. The predicted molar refractivity (Wildman–Crippen MR) is 113 cm³/mol. The van der Waals surface area contributed by atoms with Gasteiger partial charge in [-0.2, -0.15) is 0 Å². The smallest absolute Gasteiger partial charge is 0.269 e. The van der Waals surface area contributed by atoms with Gasteiger partial charge in [0.2, 0.25) is 0 Å². The molecular weight excluding hydrogens is 402 g/mol. The van der Waals surface area contributed by atoms with E-state index in [1.165, 1.54) is 11.8 Å². The summed E-state index contributed by atoms with van der Waals surface area (Å²) in [6, 6.07) is 13.2. The van der Waals surface area contributed by atoms with Gasteiger partial charge in [0.15, 0.2) is 5.17 Å². The van der Waals surface area contributed by atoms with Gasteiger partial charge in [-0.15, -0.1) is 0 Å². The fraction of sp³-hybridized carbons (Fsp3) is 0.158.